The third kappa shape index (κ3) is 2.13. The Balaban J connectivity index is 1.99. The van der Waals surface area contributed by atoms with E-state index in [1.165, 1.54) is 5.56 Å². The van der Waals surface area contributed by atoms with E-state index in [1.54, 1.807) is 4.68 Å². The minimum atomic E-state index is -0.879. The zero-order chi connectivity index (χ0) is 14.3. The highest BCUT2D eigenvalue weighted by Gasteiger charge is 2.35. The van der Waals surface area contributed by atoms with Crippen molar-refractivity contribution in [1.29, 1.82) is 0 Å². The first-order valence-corrected chi connectivity index (χ1v) is 6.54. The Kier molecular flexibility index (Phi) is 2.93. The molecule has 0 amide bonds. The average molecular weight is 272 g/mol. The Bertz CT molecular complexity index is 665. The molecule has 2 aromatic rings. The number of rotatable bonds is 2. The average Bonchev–Trinajstić information content (AvgIpc) is 2.77. The van der Waals surface area contributed by atoms with Crippen molar-refractivity contribution in [2.75, 3.05) is 5.73 Å². The fraction of sp³-hybridized carbons (Fsp3) is 0.357. The Morgan fingerprint density at radius 1 is 1.50 bits per heavy atom. The summed E-state index contributed by atoms with van der Waals surface area (Å²) in [7, 11) is 0. The quantitative estimate of drug-likeness (QED) is 0.864. The van der Waals surface area contributed by atoms with Gasteiger partial charge in [-0.05, 0) is 18.9 Å². The van der Waals surface area contributed by atoms with Gasteiger partial charge in [0.1, 0.15) is 11.7 Å². The molecule has 1 aliphatic rings. The first-order valence-electron chi connectivity index (χ1n) is 6.54. The summed E-state index contributed by atoms with van der Waals surface area (Å²) in [4.78, 5) is 15.5. The molecule has 2 atom stereocenters. The second-order valence-electron chi connectivity index (χ2n) is 5.25. The van der Waals surface area contributed by atoms with Gasteiger partial charge in [0.05, 0.1) is 6.54 Å². The predicted octanol–water partition coefficient (Wildman–Crippen LogP) is 1.52. The first kappa shape index (κ1) is 12.7. The number of carboxylic acids is 1. The van der Waals surface area contributed by atoms with Crippen LogP contribution < -0.4 is 5.73 Å². The van der Waals surface area contributed by atoms with E-state index in [2.05, 4.69) is 16.1 Å². The molecule has 0 saturated heterocycles. The maximum absolute atomic E-state index is 11.4. The number of nitrogens with zero attached hydrogens (tertiary/aromatic N) is 3. The van der Waals surface area contributed by atoms with E-state index >= 15 is 0 Å². The molecule has 3 rings (SSSR count). The molecular formula is C14H16N4O2. The van der Waals surface area contributed by atoms with Crippen LogP contribution in [0.1, 0.15) is 35.2 Å². The molecule has 2 heterocycles. The van der Waals surface area contributed by atoms with Gasteiger partial charge in [0.15, 0.2) is 0 Å². The number of carbonyl (C=O) groups is 1. The molecule has 0 spiro atoms. The van der Waals surface area contributed by atoms with E-state index in [0.717, 1.165) is 5.56 Å². The van der Waals surface area contributed by atoms with Crippen molar-refractivity contribution in [3.8, 4) is 0 Å². The molecular weight excluding hydrogens is 256 g/mol. The minimum Gasteiger partial charge on any atom is -0.481 e. The fourth-order valence-corrected chi connectivity index (χ4v) is 2.81. The number of aromatic nitrogens is 3. The molecule has 6 heteroatoms. The van der Waals surface area contributed by atoms with E-state index in [0.29, 0.717) is 18.8 Å². The number of benzene rings is 1. The third-order valence-corrected chi connectivity index (χ3v) is 3.75. The van der Waals surface area contributed by atoms with E-state index in [1.807, 2.05) is 25.1 Å². The zero-order valence-electron chi connectivity index (χ0n) is 11.2. The van der Waals surface area contributed by atoms with Gasteiger partial charge in [-0.1, -0.05) is 29.8 Å². The van der Waals surface area contributed by atoms with Gasteiger partial charge in [-0.3, -0.25) is 4.79 Å². The summed E-state index contributed by atoms with van der Waals surface area (Å²) in [5.41, 5.74) is 7.89. The molecule has 6 nitrogen and oxygen atoms in total. The van der Waals surface area contributed by atoms with Gasteiger partial charge in [-0.15, -0.1) is 5.10 Å². The number of anilines is 1. The molecule has 3 N–H and O–H groups in total. The second-order valence-corrected chi connectivity index (χ2v) is 5.25. The van der Waals surface area contributed by atoms with Gasteiger partial charge in [0.2, 0.25) is 5.95 Å². The number of aliphatic carboxylic acids is 1. The first-order chi connectivity index (χ1) is 9.54. The molecule has 104 valence electrons. The highest BCUT2D eigenvalue weighted by molar-refractivity contribution is 5.75. The van der Waals surface area contributed by atoms with Crippen molar-refractivity contribution < 1.29 is 9.90 Å². The molecule has 0 bridgehead atoms. The van der Waals surface area contributed by atoms with Crippen LogP contribution in [0.2, 0.25) is 0 Å². The SMILES string of the molecule is Cc1cccc(C2CC(C(=O)O)c3nc(N)nn3C2)c1. The number of hydrogen-bond acceptors (Lipinski definition) is 4. The van der Waals surface area contributed by atoms with Crippen LogP contribution in [0.15, 0.2) is 24.3 Å². The summed E-state index contributed by atoms with van der Waals surface area (Å²) in [5, 5.41) is 13.5. The normalized spacial score (nSPS) is 21.4. The van der Waals surface area contributed by atoms with Crippen LogP contribution in [-0.4, -0.2) is 25.8 Å². The zero-order valence-corrected chi connectivity index (χ0v) is 11.2. The lowest BCUT2D eigenvalue weighted by atomic mass is 9.85. The summed E-state index contributed by atoms with van der Waals surface area (Å²) < 4.78 is 1.63. The van der Waals surface area contributed by atoms with Gasteiger partial charge in [-0.2, -0.15) is 4.98 Å². The highest BCUT2D eigenvalue weighted by Crippen LogP contribution is 2.36. The summed E-state index contributed by atoms with van der Waals surface area (Å²) in [6.07, 6.45) is 0.525. The van der Waals surface area contributed by atoms with Crippen molar-refractivity contribution in [3.05, 3.63) is 41.2 Å². The third-order valence-electron chi connectivity index (χ3n) is 3.75. The Morgan fingerprint density at radius 3 is 3.00 bits per heavy atom. The maximum Gasteiger partial charge on any atom is 0.314 e. The van der Waals surface area contributed by atoms with Gasteiger partial charge in [0.25, 0.3) is 0 Å². The highest BCUT2D eigenvalue weighted by atomic mass is 16.4. The number of fused-ring (bicyclic) bond motifs is 1. The van der Waals surface area contributed by atoms with Gasteiger partial charge >= 0.3 is 5.97 Å². The Labute approximate surface area is 116 Å². The molecule has 1 aromatic heterocycles. The topological polar surface area (TPSA) is 94.0 Å². The van der Waals surface area contributed by atoms with Crippen LogP contribution in [0.4, 0.5) is 5.95 Å². The van der Waals surface area contributed by atoms with Crippen LogP contribution >= 0.6 is 0 Å². The lowest BCUT2D eigenvalue weighted by Crippen LogP contribution is -2.28. The number of nitrogens with two attached hydrogens (primary N) is 1. The predicted molar refractivity (Wildman–Crippen MR) is 73.3 cm³/mol. The number of hydrogen-bond donors (Lipinski definition) is 2. The van der Waals surface area contributed by atoms with Crippen LogP contribution in [0.5, 0.6) is 0 Å². The van der Waals surface area contributed by atoms with Crippen molar-refractivity contribution in [1.82, 2.24) is 14.8 Å². The van der Waals surface area contributed by atoms with Gasteiger partial charge in [0, 0.05) is 5.92 Å². The molecule has 1 aromatic carbocycles. The van der Waals surface area contributed by atoms with Crippen LogP contribution in [-0.2, 0) is 11.3 Å². The number of nitrogen functional groups attached to an aromatic ring is 1. The van der Waals surface area contributed by atoms with E-state index in [9.17, 15) is 9.90 Å². The van der Waals surface area contributed by atoms with Crippen molar-refractivity contribution >= 4 is 11.9 Å². The van der Waals surface area contributed by atoms with E-state index in [4.69, 9.17) is 5.73 Å². The molecule has 2 unspecified atom stereocenters. The molecule has 0 fully saturated rings. The van der Waals surface area contributed by atoms with E-state index < -0.39 is 11.9 Å². The number of aryl methyl sites for hydroxylation is 1. The molecule has 1 aliphatic heterocycles. The molecule has 20 heavy (non-hydrogen) atoms. The van der Waals surface area contributed by atoms with Gasteiger partial charge in [-0.25, -0.2) is 4.68 Å². The lowest BCUT2D eigenvalue weighted by molar-refractivity contribution is -0.139. The fourth-order valence-electron chi connectivity index (χ4n) is 2.81. The Morgan fingerprint density at radius 2 is 2.30 bits per heavy atom. The van der Waals surface area contributed by atoms with Crippen LogP contribution in [0, 0.1) is 6.92 Å². The smallest absolute Gasteiger partial charge is 0.314 e. The molecule has 0 aliphatic carbocycles. The summed E-state index contributed by atoms with van der Waals surface area (Å²) >= 11 is 0. The van der Waals surface area contributed by atoms with Crippen molar-refractivity contribution in [3.63, 3.8) is 0 Å². The Hall–Kier alpha value is -2.37. The largest absolute Gasteiger partial charge is 0.481 e. The van der Waals surface area contributed by atoms with E-state index in [-0.39, 0.29) is 11.9 Å². The summed E-state index contributed by atoms with van der Waals surface area (Å²) in [6.45, 7) is 2.65. The lowest BCUT2D eigenvalue weighted by Gasteiger charge is -2.27. The monoisotopic (exact) mass is 272 g/mol. The maximum atomic E-state index is 11.4. The summed E-state index contributed by atoms with van der Waals surface area (Å²) in [6, 6.07) is 8.14. The van der Waals surface area contributed by atoms with Crippen molar-refractivity contribution in [2.24, 2.45) is 0 Å². The van der Waals surface area contributed by atoms with Crippen LogP contribution in [0.25, 0.3) is 0 Å². The molecule has 0 radical (unpaired) electrons. The van der Waals surface area contributed by atoms with Gasteiger partial charge < -0.3 is 10.8 Å². The number of carboxylic acid groups (broad SMARTS) is 1. The second kappa shape index (κ2) is 4.63. The standard InChI is InChI=1S/C14H16N4O2/c1-8-3-2-4-9(5-8)10-6-11(13(19)20)12-16-14(15)17-18(12)7-10/h2-5,10-11H,6-7H2,1H3,(H2,15,17)(H,19,20). The minimum absolute atomic E-state index is 0.115. The van der Waals surface area contributed by atoms with Crippen LogP contribution in [0.3, 0.4) is 0 Å². The summed E-state index contributed by atoms with van der Waals surface area (Å²) in [5.74, 6) is -0.824. The van der Waals surface area contributed by atoms with Crippen molar-refractivity contribution in [2.45, 2.75) is 31.7 Å². The molecule has 0 saturated carbocycles.